The van der Waals surface area contributed by atoms with Gasteiger partial charge in [-0.05, 0) is 37.8 Å². The maximum absolute atomic E-state index is 14.0. The maximum atomic E-state index is 14.0. The third-order valence-electron chi connectivity index (χ3n) is 5.92. The van der Waals surface area contributed by atoms with E-state index in [1.165, 1.54) is 10.6 Å². The van der Waals surface area contributed by atoms with Crippen LogP contribution < -0.4 is 10.1 Å². The summed E-state index contributed by atoms with van der Waals surface area (Å²) in [5.74, 6) is 0.520. The fraction of sp³-hybridized carbons (Fsp3) is 0.409. The lowest BCUT2D eigenvalue weighted by molar-refractivity contribution is 0.00719. The standard InChI is InChI=1S/C22H25FN6O3/c1-31-21-19-16(13-2-7-18-24-11-17(23)29(18)12-13)10-25-20(19)27-22(28-21)26-14-3-5-15(6-4-14)32-9-8-30/h2,7,10-12,14-15,30H,3-6,8-9H2,1H3,(H2,25,26,27,28)/t14-,15-. The Labute approximate surface area is 183 Å². The lowest BCUT2D eigenvalue weighted by atomic mass is 9.93. The molecule has 1 aliphatic carbocycles. The van der Waals surface area contributed by atoms with Crippen LogP contribution in [-0.2, 0) is 4.74 Å². The Morgan fingerprint density at radius 3 is 2.88 bits per heavy atom. The minimum absolute atomic E-state index is 0.0507. The molecule has 32 heavy (non-hydrogen) atoms. The van der Waals surface area contributed by atoms with Gasteiger partial charge in [-0.2, -0.15) is 14.4 Å². The first-order valence-electron chi connectivity index (χ1n) is 10.7. The zero-order valence-corrected chi connectivity index (χ0v) is 17.7. The van der Waals surface area contributed by atoms with E-state index in [0.717, 1.165) is 42.2 Å². The summed E-state index contributed by atoms with van der Waals surface area (Å²) in [7, 11) is 1.57. The highest BCUT2D eigenvalue weighted by molar-refractivity contribution is 5.97. The number of ether oxygens (including phenoxy) is 2. The summed E-state index contributed by atoms with van der Waals surface area (Å²) in [6.45, 7) is 0.435. The zero-order chi connectivity index (χ0) is 22.1. The van der Waals surface area contributed by atoms with Crippen molar-refractivity contribution in [3.05, 3.63) is 36.7 Å². The smallest absolute Gasteiger partial charge is 0.228 e. The lowest BCUT2D eigenvalue weighted by Crippen LogP contribution is -2.30. The first-order chi connectivity index (χ1) is 15.7. The van der Waals surface area contributed by atoms with Crippen LogP contribution in [0.25, 0.3) is 27.8 Å². The Morgan fingerprint density at radius 1 is 1.25 bits per heavy atom. The van der Waals surface area contributed by atoms with Gasteiger partial charge in [0.1, 0.15) is 11.3 Å². The van der Waals surface area contributed by atoms with Gasteiger partial charge in [-0.15, -0.1) is 0 Å². The summed E-state index contributed by atoms with van der Waals surface area (Å²) in [5, 5.41) is 13.1. The van der Waals surface area contributed by atoms with Crippen molar-refractivity contribution in [1.82, 2.24) is 24.3 Å². The Bertz CT molecular complexity index is 1230. The van der Waals surface area contributed by atoms with Gasteiger partial charge in [0.25, 0.3) is 0 Å². The molecular formula is C22H25FN6O3. The van der Waals surface area contributed by atoms with Gasteiger partial charge in [0.05, 0.1) is 38.0 Å². The molecule has 4 aromatic heterocycles. The molecular weight excluding hydrogens is 415 g/mol. The number of methoxy groups -OCH3 is 1. The molecule has 10 heteroatoms. The van der Waals surface area contributed by atoms with Crippen molar-refractivity contribution in [3.63, 3.8) is 0 Å². The van der Waals surface area contributed by atoms with Crippen LogP contribution in [0.2, 0.25) is 0 Å². The number of halogens is 1. The highest BCUT2D eigenvalue weighted by Gasteiger charge is 2.23. The molecule has 0 atom stereocenters. The van der Waals surface area contributed by atoms with E-state index in [4.69, 9.17) is 14.6 Å². The van der Waals surface area contributed by atoms with Gasteiger partial charge < -0.3 is 24.9 Å². The molecule has 1 saturated carbocycles. The molecule has 1 fully saturated rings. The number of aliphatic hydroxyl groups is 1. The van der Waals surface area contributed by atoms with E-state index >= 15 is 0 Å². The van der Waals surface area contributed by atoms with Crippen LogP contribution in [0.1, 0.15) is 25.7 Å². The van der Waals surface area contributed by atoms with E-state index in [0.29, 0.717) is 29.7 Å². The molecule has 0 saturated heterocycles. The highest BCUT2D eigenvalue weighted by Crippen LogP contribution is 2.35. The molecule has 0 aliphatic heterocycles. The number of H-pyrrole nitrogens is 1. The monoisotopic (exact) mass is 440 g/mol. The van der Waals surface area contributed by atoms with Crippen molar-refractivity contribution in [2.24, 2.45) is 0 Å². The molecule has 0 spiro atoms. The van der Waals surface area contributed by atoms with Crippen molar-refractivity contribution >= 4 is 22.6 Å². The molecule has 9 nitrogen and oxygen atoms in total. The summed E-state index contributed by atoms with van der Waals surface area (Å²) in [6.07, 6.45) is 8.64. The maximum Gasteiger partial charge on any atom is 0.228 e. The van der Waals surface area contributed by atoms with Crippen LogP contribution in [0.5, 0.6) is 5.88 Å². The van der Waals surface area contributed by atoms with Crippen molar-refractivity contribution in [2.45, 2.75) is 37.8 Å². The van der Waals surface area contributed by atoms with Crippen LogP contribution in [0.4, 0.5) is 10.3 Å². The third kappa shape index (κ3) is 3.87. The second-order valence-corrected chi connectivity index (χ2v) is 7.92. The van der Waals surface area contributed by atoms with E-state index in [1.54, 1.807) is 19.4 Å². The average molecular weight is 440 g/mol. The summed E-state index contributed by atoms with van der Waals surface area (Å²) >= 11 is 0. The third-order valence-corrected chi connectivity index (χ3v) is 5.92. The van der Waals surface area contributed by atoms with Crippen molar-refractivity contribution in [2.75, 3.05) is 25.6 Å². The number of aromatic amines is 1. The van der Waals surface area contributed by atoms with E-state index < -0.39 is 5.95 Å². The second-order valence-electron chi connectivity index (χ2n) is 7.92. The molecule has 4 heterocycles. The topological polar surface area (TPSA) is 110 Å². The van der Waals surface area contributed by atoms with E-state index in [1.807, 2.05) is 12.3 Å². The fourth-order valence-corrected chi connectivity index (χ4v) is 4.33. The van der Waals surface area contributed by atoms with Crippen molar-refractivity contribution < 1.29 is 19.0 Å². The number of aromatic nitrogens is 5. The number of hydrogen-bond donors (Lipinski definition) is 3. The molecule has 0 bridgehead atoms. The quantitative estimate of drug-likeness (QED) is 0.405. The van der Waals surface area contributed by atoms with Gasteiger partial charge in [0, 0.05) is 29.6 Å². The molecule has 0 amide bonds. The van der Waals surface area contributed by atoms with Crippen LogP contribution in [0.3, 0.4) is 0 Å². The average Bonchev–Trinajstić information content (AvgIpc) is 3.41. The molecule has 0 aromatic carbocycles. The van der Waals surface area contributed by atoms with Crippen molar-refractivity contribution in [3.8, 4) is 17.0 Å². The van der Waals surface area contributed by atoms with E-state index in [-0.39, 0.29) is 18.8 Å². The number of hydrogen-bond acceptors (Lipinski definition) is 7. The number of pyridine rings is 1. The first-order valence-corrected chi connectivity index (χ1v) is 10.7. The van der Waals surface area contributed by atoms with Gasteiger partial charge >= 0.3 is 0 Å². The minimum Gasteiger partial charge on any atom is -0.480 e. The summed E-state index contributed by atoms with van der Waals surface area (Å²) in [6, 6.07) is 3.89. The first kappa shape index (κ1) is 20.7. The number of anilines is 1. The Kier molecular flexibility index (Phi) is 5.62. The molecule has 4 aromatic rings. The van der Waals surface area contributed by atoms with Gasteiger partial charge in [0.2, 0.25) is 17.8 Å². The number of nitrogens with zero attached hydrogens (tertiary/aromatic N) is 4. The Hall–Kier alpha value is -3.24. The van der Waals surface area contributed by atoms with Crippen LogP contribution in [0.15, 0.2) is 30.7 Å². The van der Waals surface area contributed by atoms with Crippen LogP contribution >= 0.6 is 0 Å². The highest BCUT2D eigenvalue weighted by atomic mass is 19.1. The SMILES string of the molecule is COc1nc(N[C@H]2CC[C@H](OCCO)CC2)nc2[nH]cc(-c3ccc4ncc(F)n4c3)c12. The van der Waals surface area contributed by atoms with E-state index in [9.17, 15) is 4.39 Å². The van der Waals surface area contributed by atoms with Gasteiger partial charge in [-0.1, -0.05) is 0 Å². The normalized spacial score (nSPS) is 19.0. The predicted octanol–water partition coefficient (Wildman–Crippen LogP) is 3.15. The number of aliphatic hydroxyl groups excluding tert-OH is 1. The number of nitrogens with one attached hydrogen (secondary N) is 2. The van der Waals surface area contributed by atoms with Gasteiger partial charge in [0.15, 0.2) is 0 Å². The van der Waals surface area contributed by atoms with Crippen molar-refractivity contribution in [1.29, 1.82) is 0 Å². The van der Waals surface area contributed by atoms with E-state index in [2.05, 4.69) is 25.3 Å². The van der Waals surface area contributed by atoms with Crippen LogP contribution in [-0.4, -0.2) is 61.9 Å². The largest absolute Gasteiger partial charge is 0.480 e. The molecule has 3 N–H and O–H groups in total. The molecule has 0 radical (unpaired) electrons. The van der Waals surface area contributed by atoms with Crippen LogP contribution in [0, 0.1) is 5.95 Å². The summed E-state index contributed by atoms with van der Waals surface area (Å²) in [5.41, 5.74) is 2.79. The number of imidazole rings is 1. The number of fused-ring (bicyclic) bond motifs is 2. The molecule has 5 rings (SSSR count). The Morgan fingerprint density at radius 2 is 2.09 bits per heavy atom. The predicted molar refractivity (Wildman–Crippen MR) is 117 cm³/mol. The summed E-state index contributed by atoms with van der Waals surface area (Å²) < 4.78 is 26.6. The zero-order valence-electron chi connectivity index (χ0n) is 17.7. The van der Waals surface area contributed by atoms with Gasteiger partial charge in [-0.3, -0.25) is 4.40 Å². The fourth-order valence-electron chi connectivity index (χ4n) is 4.33. The molecule has 1 aliphatic rings. The lowest BCUT2D eigenvalue weighted by Gasteiger charge is -2.29. The van der Waals surface area contributed by atoms with Gasteiger partial charge in [-0.25, -0.2) is 4.98 Å². The minimum atomic E-state index is -0.423. The Balaban J connectivity index is 1.40. The molecule has 168 valence electrons. The summed E-state index contributed by atoms with van der Waals surface area (Å²) in [4.78, 5) is 16.5. The molecule has 0 unspecified atom stereocenters. The number of rotatable bonds is 7. The second kappa shape index (κ2) is 8.71.